The summed E-state index contributed by atoms with van der Waals surface area (Å²) >= 11 is 11.2. The SMILES string of the molecule is COc1cc(C=c2sc3nc4ccccc4n3c2=O)c(Br)cc1OCc1ccccc1Cl. The Morgan fingerprint density at radius 3 is 2.72 bits per heavy atom. The van der Waals surface area contributed by atoms with Crippen molar-refractivity contribution in [2.24, 2.45) is 0 Å². The molecule has 32 heavy (non-hydrogen) atoms. The number of ether oxygens (including phenoxy) is 2. The van der Waals surface area contributed by atoms with E-state index in [2.05, 4.69) is 20.9 Å². The lowest BCUT2D eigenvalue weighted by molar-refractivity contribution is 0.284. The Balaban J connectivity index is 1.53. The summed E-state index contributed by atoms with van der Waals surface area (Å²) < 4.78 is 14.5. The van der Waals surface area contributed by atoms with Crippen molar-refractivity contribution in [2.75, 3.05) is 7.11 Å². The van der Waals surface area contributed by atoms with Crippen molar-refractivity contribution in [2.45, 2.75) is 6.61 Å². The van der Waals surface area contributed by atoms with Gasteiger partial charge in [0.15, 0.2) is 16.5 Å². The van der Waals surface area contributed by atoms with Crippen LogP contribution in [0.2, 0.25) is 5.02 Å². The highest BCUT2D eigenvalue weighted by Gasteiger charge is 2.13. The van der Waals surface area contributed by atoms with Crippen molar-refractivity contribution >= 4 is 60.9 Å². The summed E-state index contributed by atoms with van der Waals surface area (Å²) in [5.74, 6) is 1.14. The Kier molecular flexibility index (Phi) is 5.63. The first-order chi connectivity index (χ1) is 15.5. The van der Waals surface area contributed by atoms with Crippen LogP contribution in [0.25, 0.3) is 22.1 Å². The second-order valence-corrected chi connectivity index (χ2v) is 9.31. The number of rotatable bonds is 5. The molecule has 0 radical (unpaired) electrons. The molecular formula is C24H16BrClN2O3S. The first-order valence-corrected chi connectivity index (χ1v) is 11.7. The van der Waals surface area contributed by atoms with Crippen LogP contribution < -0.4 is 19.6 Å². The van der Waals surface area contributed by atoms with Gasteiger partial charge in [0.1, 0.15) is 6.61 Å². The second-order valence-electron chi connectivity index (χ2n) is 7.04. The number of hydrogen-bond acceptors (Lipinski definition) is 5. The largest absolute Gasteiger partial charge is 0.493 e. The number of para-hydroxylation sites is 2. The highest BCUT2D eigenvalue weighted by atomic mass is 79.9. The number of benzene rings is 3. The van der Waals surface area contributed by atoms with Crippen molar-refractivity contribution < 1.29 is 9.47 Å². The summed E-state index contributed by atoms with van der Waals surface area (Å²) in [7, 11) is 1.58. The van der Waals surface area contributed by atoms with Crippen molar-refractivity contribution in [1.29, 1.82) is 0 Å². The maximum absolute atomic E-state index is 13.1. The van der Waals surface area contributed by atoms with Crippen LogP contribution in [-0.4, -0.2) is 16.5 Å². The van der Waals surface area contributed by atoms with E-state index in [9.17, 15) is 4.79 Å². The van der Waals surface area contributed by atoms with Gasteiger partial charge in [-0.3, -0.25) is 4.79 Å². The van der Waals surface area contributed by atoms with Crippen LogP contribution in [0.1, 0.15) is 11.1 Å². The molecule has 5 aromatic rings. The topological polar surface area (TPSA) is 52.8 Å². The summed E-state index contributed by atoms with van der Waals surface area (Å²) in [5, 5.41) is 0.647. The molecular weight excluding hydrogens is 512 g/mol. The Morgan fingerprint density at radius 2 is 1.91 bits per heavy atom. The highest BCUT2D eigenvalue weighted by molar-refractivity contribution is 9.10. The predicted molar refractivity (Wildman–Crippen MR) is 132 cm³/mol. The molecule has 0 saturated carbocycles. The minimum atomic E-state index is -0.0939. The smallest absolute Gasteiger partial charge is 0.274 e. The number of methoxy groups -OCH3 is 1. The molecule has 8 heteroatoms. The molecule has 5 rings (SSSR count). The normalized spacial score (nSPS) is 12.0. The van der Waals surface area contributed by atoms with E-state index in [1.807, 2.05) is 66.7 Å². The Bertz CT molecular complexity index is 1580. The van der Waals surface area contributed by atoms with Gasteiger partial charge in [0.05, 0.1) is 22.7 Å². The van der Waals surface area contributed by atoms with E-state index < -0.39 is 0 Å². The number of aromatic nitrogens is 2. The molecule has 0 aliphatic carbocycles. The second kappa shape index (κ2) is 8.58. The lowest BCUT2D eigenvalue weighted by Gasteiger charge is -2.13. The molecule has 0 spiro atoms. The number of imidazole rings is 1. The first-order valence-electron chi connectivity index (χ1n) is 9.70. The van der Waals surface area contributed by atoms with Gasteiger partial charge in [0.2, 0.25) is 0 Å². The fourth-order valence-corrected chi connectivity index (χ4v) is 5.06. The summed E-state index contributed by atoms with van der Waals surface area (Å²) in [5.41, 5.74) is 3.21. The molecule has 2 aromatic heterocycles. The first kappa shape index (κ1) is 21.0. The number of halogens is 2. The number of hydrogen-bond donors (Lipinski definition) is 0. The van der Waals surface area contributed by atoms with E-state index in [4.69, 9.17) is 21.1 Å². The van der Waals surface area contributed by atoms with E-state index in [1.54, 1.807) is 11.5 Å². The van der Waals surface area contributed by atoms with Crippen molar-refractivity contribution in [1.82, 2.24) is 9.38 Å². The summed E-state index contributed by atoms with van der Waals surface area (Å²) in [6.45, 7) is 0.311. The Hall–Kier alpha value is -2.87. The van der Waals surface area contributed by atoms with E-state index in [1.165, 1.54) is 11.3 Å². The summed E-state index contributed by atoms with van der Waals surface area (Å²) in [6, 6.07) is 18.8. The van der Waals surface area contributed by atoms with Gasteiger partial charge in [0, 0.05) is 15.1 Å². The molecule has 5 nitrogen and oxygen atoms in total. The monoisotopic (exact) mass is 526 g/mol. The van der Waals surface area contributed by atoms with Crippen LogP contribution in [0.5, 0.6) is 11.5 Å². The van der Waals surface area contributed by atoms with Gasteiger partial charge in [-0.15, -0.1) is 0 Å². The van der Waals surface area contributed by atoms with E-state index in [0.717, 1.165) is 26.6 Å². The molecule has 0 fully saturated rings. The molecule has 160 valence electrons. The number of nitrogens with zero attached hydrogens (tertiary/aromatic N) is 2. The van der Waals surface area contributed by atoms with Gasteiger partial charge in [-0.25, -0.2) is 9.38 Å². The zero-order valence-electron chi connectivity index (χ0n) is 16.8. The standard InChI is InChI=1S/C24H16BrClN2O3S/c1-30-20-10-15(16(25)12-21(20)31-13-14-6-2-3-7-17(14)26)11-22-23(29)28-19-9-5-4-8-18(19)27-24(28)32-22/h2-12H,13H2,1H3. The van der Waals surface area contributed by atoms with Crippen LogP contribution in [0.15, 0.2) is 69.9 Å². The number of fused-ring (bicyclic) bond motifs is 3. The lowest BCUT2D eigenvalue weighted by Crippen LogP contribution is -2.22. The van der Waals surface area contributed by atoms with Crippen LogP contribution in [0.4, 0.5) is 0 Å². The van der Waals surface area contributed by atoms with Crippen LogP contribution in [0, 0.1) is 0 Å². The molecule has 0 aliphatic heterocycles. The molecule has 0 amide bonds. The fraction of sp³-hybridized carbons (Fsp3) is 0.0833. The van der Waals surface area contributed by atoms with Gasteiger partial charge in [-0.2, -0.15) is 0 Å². The quantitative estimate of drug-likeness (QED) is 0.305. The summed E-state index contributed by atoms with van der Waals surface area (Å²) in [4.78, 5) is 18.3. The molecule has 0 unspecified atom stereocenters. The molecule has 2 heterocycles. The van der Waals surface area contributed by atoms with Crippen LogP contribution in [-0.2, 0) is 6.61 Å². The van der Waals surface area contributed by atoms with Crippen LogP contribution >= 0.6 is 38.9 Å². The van der Waals surface area contributed by atoms with Crippen molar-refractivity contribution in [3.05, 3.63) is 96.2 Å². The molecule has 0 bridgehead atoms. The third-order valence-corrected chi connectivity index (χ3v) is 7.08. The third-order valence-electron chi connectivity index (χ3n) is 5.06. The molecule has 0 aliphatic rings. The molecule has 3 aromatic carbocycles. The van der Waals surface area contributed by atoms with Crippen molar-refractivity contribution in [3.63, 3.8) is 0 Å². The minimum Gasteiger partial charge on any atom is -0.493 e. The molecule has 0 atom stereocenters. The van der Waals surface area contributed by atoms with Crippen LogP contribution in [0.3, 0.4) is 0 Å². The van der Waals surface area contributed by atoms with Gasteiger partial charge in [-0.05, 0) is 42.0 Å². The molecule has 0 saturated heterocycles. The van der Waals surface area contributed by atoms with Gasteiger partial charge < -0.3 is 9.47 Å². The molecule has 0 N–H and O–H groups in total. The van der Waals surface area contributed by atoms with Crippen molar-refractivity contribution in [3.8, 4) is 11.5 Å². The maximum Gasteiger partial charge on any atom is 0.274 e. The maximum atomic E-state index is 13.1. The highest BCUT2D eigenvalue weighted by Crippen LogP contribution is 2.35. The lowest BCUT2D eigenvalue weighted by atomic mass is 10.2. The Labute approximate surface area is 200 Å². The van der Waals surface area contributed by atoms with E-state index in [0.29, 0.717) is 32.6 Å². The van der Waals surface area contributed by atoms with Gasteiger partial charge >= 0.3 is 0 Å². The fourth-order valence-electron chi connectivity index (χ4n) is 3.46. The van der Waals surface area contributed by atoms with E-state index in [-0.39, 0.29) is 5.56 Å². The minimum absolute atomic E-state index is 0.0939. The van der Waals surface area contributed by atoms with Gasteiger partial charge in [0.25, 0.3) is 5.56 Å². The summed E-state index contributed by atoms with van der Waals surface area (Å²) in [6.07, 6.45) is 1.83. The average molecular weight is 528 g/mol. The zero-order chi connectivity index (χ0) is 22.2. The number of thiazole rings is 1. The predicted octanol–water partition coefficient (Wildman–Crippen LogP) is 5.46. The van der Waals surface area contributed by atoms with E-state index >= 15 is 0 Å². The van der Waals surface area contributed by atoms with Gasteiger partial charge in [-0.1, -0.05) is 69.2 Å². The average Bonchev–Trinajstić information content (AvgIpc) is 3.30. The Morgan fingerprint density at radius 1 is 1.12 bits per heavy atom. The zero-order valence-corrected chi connectivity index (χ0v) is 20.0. The third kappa shape index (κ3) is 3.77.